The second-order valence-corrected chi connectivity index (χ2v) is 25.3. The predicted molar refractivity (Wildman–Crippen MR) is 351 cm³/mol. The summed E-state index contributed by atoms with van der Waals surface area (Å²) in [5.41, 5.74) is 0. The molecule has 17 atom stereocenters. The van der Waals surface area contributed by atoms with E-state index in [1.165, 1.54) is 148 Å². The summed E-state index contributed by atoms with van der Waals surface area (Å²) in [6.45, 7) is 1.64. The Kier molecular flexibility index (Phi) is 47.9. The Morgan fingerprint density at radius 3 is 1.20 bits per heavy atom. The topological polar surface area (TPSA) is 307 Å². The van der Waals surface area contributed by atoms with E-state index in [9.17, 15) is 61.0 Å². The molecule has 3 rings (SSSR count). The lowest BCUT2D eigenvalue weighted by atomic mass is 9.96. The summed E-state index contributed by atoms with van der Waals surface area (Å²) in [5, 5.41) is 121. The van der Waals surface area contributed by atoms with Gasteiger partial charge >= 0.3 is 0 Å². The smallest absolute Gasteiger partial charge is 0.220 e. The number of hydrogen-bond acceptors (Lipinski definition) is 18. The summed E-state index contributed by atoms with van der Waals surface area (Å²) in [6, 6.07) is -0.977. The molecule has 1 amide bonds. The summed E-state index contributed by atoms with van der Waals surface area (Å²) in [5.74, 6) is -0.278. The molecule has 0 aliphatic carbocycles. The molecule has 0 bridgehead atoms. The maximum atomic E-state index is 13.4. The van der Waals surface area contributed by atoms with Crippen LogP contribution in [0.4, 0.5) is 0 Å². The third-order valence-corrected chi connectivity index (χ3v) is 17.6. The predicted octanol–water partition coefficient (Wildman–Crippen LogP) is 9.55. The number of ether oxygens (including phenoxy) is 6. The number of unbranched alkanes of at least 4 members (excludes halogenated alkanes) is 30. The Balaban J connectivity index is 1.43. The fraction of sp³-hybridized carbons (Fsp3) is 0.845. The SMILES string of the molecule is CC/C=C\C/C=C\C/C=C\C/C=C\CCCCCCCCCCCCCCC(=O)NC(COC1OC(CO)C(OC2OC(CO)C(OC3OC(CO)C(O)C(O)C3O)C(O)C2O)C(O)C1O)C(O)/C=C/CCCCCCCCCCCCCCCCCCCC. The third kappa shape index (κ3) is 34.2. The number of hydrogen-bond donors (Lipinski definition) is 12. The van der Waals surface area contributed by atoms with Crippen molar-refractivity contribution in [1.82, 2.24) is 5.32 Å². The highest BCUT2D eigenvalue weighted by Crippen LogP contribution is 2.33. The maximum Gasteiger partial charge on any atom is 0.220 e. The van der Waals surface area contributed by atoms with Crippen molar-refractivity contribution in [2.75, 3.05) is 26.4 Å². The van der Waals surface area contributed by atoms with Gasteiger partial charge in [0.2, 0.25) is 5.91 Å². The highest BCUT2D eigenvalue weighted by molar-refractivity contribution is 5.76. The maximum absolute atomic E-state index is 13.4. The average molecular weight is 1280 g/mol. The van der Waals surface area contributed by atoms with Crippen molar-refractivity contribution in [1.29, 1.82) is 0 Å². The van der Waals surface area contributed by atoms with Gasteiger partial charge < -0.3 is 89.9 Å². The van der Waals surface area contributed by atoms with Crippen LogP contribution in [0.25, 0.3) is 0 Å². The van der Waals surface area contributed by atoms with Crippen molar-refractivity contribution in [3.63, 3.8) is 0 Å². The summed E-state index contributed by atoms with van der Waals surface area (Å²) in [4.78, 5) is 13.4. The van der Waals surface area contributed by atoms with Crippen LogP contribution >= 0.6 is 0 Å². The Morgan fingerprint density at radius 1 is 0.411 bits per heavy atom. The molecule has 3 saturated heterocycles. The van der Waals surface area contributed by atoms with Crippen molar-refractivity contribution in [3.05, 3.63) is 60.8 Å². The van der Waals surface area contributed by atoms with Crippen molar-refractivity contribution in [2.24, 2.45) is 0 Å². The van der Waals surface area contributed by atoms with Gasteiger partial charge in [0.05, 0.1) is 38.6 Å². The summed E-state index contributed by atoms with van der Waals surface area (Å²) in [6.07, 6.45) is 37.6. The van der Waals surface area contributed by atoms with Crippen LogP contribution in [0.5, 0.6) is 0 Å². The molecule has 12 N–H and O–H groups in total. The van der Waals surface area contributed by atoms with Gasteiger partial charge in [-0.15, -0.1) is 0 Å². The van der Waals surface area contributed by atoms with Crippen LogP contribution in [0.3, 0.4) is 0 Å². The van der Waals surface area contributed by atoms with E-state index >= 15 is 0 Å². The van der Waals surface area contributed by atoms with E-state index in [0.717, 1.165) is 77.0 Å². The minimum absolute atomic E-state index is 0.239. The monoisotopic (exact) mass is 1280 g/mol. The summed E-state index contributed by atoms with van der Waals surface area (Å²) < 4.78 is 34.4. The molecule has 0 aromatic carbocycles. The molecule has 3 heterocycles. The molecule has 0 radical (unpaired) electrons. The van der Waals surface area contributed by atoms with E-state index in [1.54, 1.807) is 6.08 Å². The molecule has 0 saturated carbocycles. The van der Waals surface area contributed by atoms with E-state index in [4.69, 9.17) is 28.4 Å². The van der Waals surface area contributed by atoms with Crippen molar-refractivity contribution < 1.29 is 89.4 Å². The number of carbonyl (C=O) groups is 1. The zero-order chi connectivity index (χ0) is 65.4. The number of allylic oxidation sites excluding steroid dienone is 9. The number of nitrogens with one attached hydrogen (secondary N) is 1. The average Bonchev–Trinajstić information content (AvgIpc) is 0.847. The summed E-state index contributed by atoms with van der Waals surface area (Å²) >= 11 is 0. The van der Waals surface area contributed by atoms with Gasteiger partial charge in [0.25, 0.3) is 0 Å². The number of amides is 1. The zero-order valence-electron chi connectivity index (χ0n) is 55.4. The fourth-order valence-corrected chi connectivity index (χ4v) is 11.8. The van der Waals surface area contributed by atoms with Crippen molar-refractivity contribution in [2.45, 2.75) is 356 Å². The Hall–Kier alpha value is -2.51. The van der Waals surface area contributed by atoms with Gasteiger partial charge in [-0.1, -0.05) is 248 Å². The minimum atomic E-state index is -1.98. The molecule has 0 spiro atoms. The first-order chi connectivity index (χ1) is 43.8. The highest BCUT2D eigenvalue weighted by Gasteiger charge is 2.53. The van der Waals surface area contributed by atoms with Crippen LogP contribution in [0, 0.1) is 0 Å². The fourth-order valence-electron chi connectivity index (χ4n) is 11.8. The van der Waals surface area contributed by atoms with E-state index in [1.807, 2.05) is 6.08 Å². The van der Waals surface area contributed by atoms with Crippen LogP contribution in [-0.2, 0) is 33.2 Å². The van der Waals surface area contributed by atoms with Crippen LogP contribution < -0.4 is 5.32 Å². The van der Waals surface area contributed by atoms with E-state index in [-0.39, 0.29) is 18.9 Å². The Labute approximate surface area is 541 Å². The van der Waals surface area contributed by atoms with Gasteiger partial charge in [0.15, 0.2) is 18.9 Å². The molecule has 19 heteroatoms. The lowest BCUT2D eigenvalue weighted by molar-refractivity contribution is -0.379. The minimum Gasteiger partial charge on any atom is -0.394 e. The van der Waals surface area contributed by atoms with Gasteiger partial charge in [0, 0.05) is 6.42 Å². The zero-order valence-corrected chi connectivity index (χ0v) is 55.4. The molecule has 524 valence electrons. The lowest BCUT2D eigenvalue weighted by Gasteiger charge is -2.48. The van der Waals surface area contributed by atoms with E-state index in [2.05, 4.69) is 67.8 Å². The molecule has 0 aromatic heterocycles. The molecule has 90 heavy (non-hydrogen) atoms. The lowest BCUT2D eigenvalue weighted by Crippen LogP contribution is -2.66. The van der Waals surface area contributed by atoms with Crippen LogP contribution in [-0.4, -0.2) is 193 Å². The second kappa shape index (κ2) is 52.7. The van der Waals surface area contributed by atoms with Crippen LogP contribution in [0.1, 0.15) is 251 Å². The van der Waals surface area contributed by atoms with Crippen LogP contribution in [0.15, 0.2) is 60.8 Å². The first kappa shape index (κ1) is 81.7. The summed E-state index contributed by atoms with van der Waals surface area (Å²) in [7, 11) is 0. The molecule has 3 fully saturated rings. The molecular formula is C71H127NO18. The largest absolute Gasteiger partial charge is 0.394 e. The number of rotatable bonds is 54. The standard InChI is InChI=1S/C71H127NO18/c1-3-5-7-9-11-13-15-17-19-21-23-25-26-27-28-29-31-33-35-37-39-41-43-45-47-49-59(77)72-54(55(76)48-46-44-42-40-38-36-34-32-30-24-22-20-18-16-14-12-10-8-6-4-2)53-85-69-65(83)62(80)67(57(51-74)87-69)90-71-66(84)63(81)68(58(52-75)88-71)89-70-64(82)61(79)60(78)56(50-73)86-70/h5,7,11,13,17,19,23,25,46,48,54-58,60-71,73-76,78-84H,3-4,6,8-10,12,14-16,18,20-22,24,26-45,47,49-53H2,1-2H3,(H,72,77)/b7-5-,13-11-,19-17-,25-23-,48-46+. The van der Waals surface area contributed by atoms with E-state index < -0.39 is 124 Å². The first-order valence-corrected chi connectivity index (χ1v) is 35.5. The second-order valence-electron chi connectivity index (χ2n) is 25.3. The molecule has 0 aromatic rings. The van der Waals surface area contributed by atoms with Crippen molar-refractivity contribution in [3.8, 4) is 0 Å². The normalized spacial score (nSPS) is 28.4. The number of aliphatic hydroxyl groups is 11. The van der Waals surface area contributed by atoms with Gasteiger partial charge in [-0.25, -0.2) is 0 Å². The quantitative estimate of drug-likeness (QED) is 0.0199. The highest BCUT2D eigenvalue weighted by atomic mass is 16.8. The molecule has 3 aliphatic rings. The number of carbonyl (C=O) groups excluding carboxylic acids is 1. The molecular weight excluding hydrogens is 1150 g/mol. The van der Waals surface area contributed by atoms with Gasteiger partial charge in [-0.3, -0.25) is 4.79 Å². The molecule has 19 nitrogen and oxygen atoms in total. The van der Waals surface area contributed by atoms with Gasteiger partial charge in [-0.05, 0) is 57.8 Å². The first-order valence-electron chi connectivity index (χ1n) is 35.5. The van der Waals surface area contributed by atoms with Gasteiger partial charge in [0.1, 0.15) is 73.2 Å². The molecule has 3 aliphatic heterocycles. The van der Waals surface area contributed by atoms with Gasteiger partial charge in [-0.2, -0.15) is 0 Å². The Morgan fingerprint density at radius 2 is 0.767 bits per heavy atom. The van der Waals surface area contributed by atoms with E-state index in [0.29, 0.717) is 6.42 Å². The number of aliphatic hydroxyl groups excluding tert-OH is 11. The Bertz CT molecular complexity index is 1870. The third-order valence-electron chi connectivity index (χ3n) is 17.6. The van der Waals surface area contributed by atoms with Crippen LogP contribution in [0.2, 0.25) is 0 Å². The molecule has 17 unspecified atom stereocenters. The van der Waals surface area contributed by atoms with Crippen molar-refractivity contribution >= 4 is 5.91 Å².